The van der Waals surface area contributed by atoms with Gasteiger partial charge in [0.1, 0.15) is 30.2 Å². The SMILES string of the molecule is COc1ccc(C(NCCCC[C@H](NC(=O)[C@H](Cc2ccccc2)NC(=O)CCCCCN2C(=O)C=CC2=O)C(=O)Nc2ccc(COC(=O)Oc3ccc([N+](=O)[O-])cc3)cc2)(c2ccccc2)c2ccccc2)cc1. The molecule has 17 heteroatoms. The number of unbranched alkanes of at least 4 members (excludes halogenated alkanes) is 3. The van der Waals surface area contributed by atoms with Crippen LogP contribution in [0.3, 0.4) is 0 Å². The van der Waals surface area contributed by atoms with Crippen molar-refractivity contribution in [2.45, 2.75) is 75.6 Å². The predicted octanol–water partition coefficient (Wildman–Crippen LogP) is 8.71. The van der Waals surface area contributed by atoms with E-state index in [0.29, 0.717) is 49.9 Å². The molecule has 76 heavy (non-hydrogen) atoms. The van der Waals surface area contributed by atoms with E-state index in [0.717, 1.165) is 32.9 Å². The molecule has 0 fully saturated rings. The molecule has 0 bridgehead atoms. The number of ether oxygens (including phenoxy) is 3. The summed E-state index contributed by atoms with van der Waals surface area (Å²) in [4.78, 5) is 90.1. The number of methoxy groups -OCH3 is 1. The van der Waals surface area contributed by atoms with Crippen molar-refractivity contribution in [3.05, 3.63) is 214 Å². The maximum absolute atomic E-state index is 14.4. The minimum Gasteiger partial charge on any atom is -0.497 e. The number of nitro groups is 1. The average molecular weight is 1030 g/mol. The number of nitrogens with zero attached hydrogens (tertiary/aromatic N) is 2. The summed E-state index contributed by atoms with van der Waals surface area (Å²) in [6, 6.07) is 47.0. The molecule has 1 aliphatic heterocycles. The molecule has 1 aliphatic rings. The van der Waals surface area contributed by atoms with Gasteiger partial charge < -0.3 is 30.2 Å². The monoisotopic (exact) mass is 1030 g/mol. The lowest BCUT2D eigenvalue weighted by molar-refractivity contribution is -0.384. The largest absolute Gasteiger partial charge is 0.514 e. The van der Waals surface area contributed by atoms with Crippen LogP contribution in [-0.4, -0.2) is 77.8 Å². The highest BCUT2D eigenvalue weighted by Crippen LogP contribution is 2.37. The quantitative estimate of drug-likeness (QED) is 0.00723. The van der Waals surface area contributed by atoms with Crippen molar-refractivity contribution in [3.63, 3.8) is 0 Å². The van der Waals surface area contributed by atoms with E-state index < -0.39 is 40.5 Å². The fourth-order valence-corrected chi connectivity index (χ4v) is 8.84. The number of nitro benzene ring substituents is 1. The molecule has 6 aromatic rings. The van der Waals surface area contributed by atoms with Gasteiger partial charge in [-0.05, 0) is 103 Å². The van der Waals surface area contributed by atoms with Crippen molar-refractivity contribution in [1.82, 2.24) is 20.9 Å². The molecule has 0 unspecified atom stereocenters. The van der Waals surface area contributed by atoms with Gasteiger partial charge in [-0.15, -0.1) is 0 Å². The van der Waals surface area contributed by atoms with Crippen LogP contribution in [-0.2, 0) is 47.3 Å². The normalized spacial score (nSPS) is 12.8. The summed E-state index contributed by atoms with van der Waals surface area (Å²) in [7, 11) is 1.63. The van der Waals surface area contributed by atoms with Crippen LogP contribution in [0.15, 0.2) is 176 Å². The number of anilines is 1. The van der Waals surface area contributed by atoms with Crippen LogP contribution in [0.2, 0.25) is 0 Å². The molecule has 0 saturated heterocycles. The standard InChI is InChI=1S/C59H60N6O11/c1-74-49-32-26-46(27-33-49)59(44-18-8-3-9-19-44,45-20-10-4-11-21-45)60-38-14-13-22-51(56(69)61-47-28-24-43(25-29-47)41-75-58(71)76-50-34-30-48(31-35-50)65(72)73)63-57(70)52(40-42-16-6-2-7-17-42)62-53(66)23-12-5-15-39-64-54(67)36-37-55(64)68/h2-4,6-11,16-21,24-37,51-52,60H,5,12-15,22-23,38-41H2,1H3,(H,61,69)(H,62,66)(H,63,70)/t51-,52-/m0/s1. The number of rotatable bonds is 27. The van der Waals surface area contributed by atoms with Crippen LogP contribution in [0.25, 0.3) is 0 Å². The maximum atomic E-state index is 14.4. The Hall–Kier alpha value is -8.96. The van der Waals surface area contributed by atoms with Gasteiger partial charge in [0.15, 0.2) is 0 Å². The zero-order valence-electron chi connectivity index (χ0n) is 42.1. The van der Waals surface area contributed by atoms with Crippen LogP contribution in [0.4, 0.5) is 16.2 Å². The van der Waals surface area contributed by atoms with Gasteiger partial charge in [-0.25, -0.2) is 4.79 Å². The summed E-state index contributed by atoms with van der Waals surface area (Å²) in [6.07, 6.45) is 4.58. The lowest BCUT2D eigenvalue weighted by Gasteiger charge is -2.37. The molecule has 17 nitrogen and oxygen atoms in total. The molecule has 0 saturated carbocycles. The second-order valence-electron chi connectivity index (χ2n) is 18.1. The molecule has 0 spiro atoms. The Kier molecular flexibility index (Phi) is 19.7. The first-order valence-electron chi connectivity index (χ1n) is 25.1. The van der Waals surface area contributed by atoms with E-state index in [1.807, 2.05) is 91.0 Å². The number of non-ortho nitro benzene ring substituents is 1. The van der Waals surface area contributed by atoms with Crippen molar-refractivity contribution in [2.75, 3.05) is 25.5 Å². The molecule has 0 aliphatic carbocycles. The Balaban J connectivity index is 1.04. The zero-order valence-corrected chi connectivity index (χ0v) is 42.1. The molecular formula is C59H60N6O11. The molecule has 6 aromatic carbocycles. The van der Waals surface area contributed by atoms with Crippen molar-refractivity contribution >= 4 is 47.1 Å². The number of imide groups is 1. The third-order valence-electron chi connectivity index (χ3n) is 12.8. The van der Waals surface area contributed by atoms with Gasteiger partial charge in [-0.1, -0.05) is 122 Å². The number of nitrogens with one attached hydrogen (secondary N) is 4. The third-order valence-corrected chi connectivity index (χ3v) is 12.8. The van der Waals surface area contributed by atoms with E-state index in [2.05, 4.69) is 45.5 Å². The number of hydrogen-bond acceptors (Lipinski definition) is 12. The van der Waals surface area contributed by atoms with Crippen LogP contribution in [0, 0.1) is 10.1 Å². The molecule has 4 N–H and O–H groups in total. The molecule has 1 heterocycles. The highest BCUT2D eigenvalue weighted by atomic mass is 16.7. The molecule has 2 atom stereocenters. The number of amides is 5. The lowest BCUT2D eigenvalue weighted by Crippen LogP contribution is -2.53. The summed E-state index contributed by atoms with van der Waals surface area (Å²) in [5, 5.41) is 23.6. The van der Waals surface area contributed by atoms with E-state index in [1.165, 1.54) is 36.4 Å². The molecule has 0 radical (unpaired) electrons. The van der Waals surface area contributed by atoms with Crippen molar-refractivity contribution < 1.29 is 47.9 Å². The summed E-state index contributed by atoms with van der Waals surface area (Å²) >= 11 is 0. The van der Waals surface area contributed by atoms with E-state index in [4.69, 9.17) is 14.2 Å². The second-order valence-corrected chi connectivity index (χ2v) is 18.1. The summed E-state index contributed by atoms with van der Waals surface area (Å²) in [6.45, 7) is 0.586. The van der Waals surface area contributed by atoms with Crippen LogP contribution >= 0.6 is 0 Å². The number of benzene rings is 6. The van der Waals surface area contributed by atoms with Crippen molar-refractivity contribution in [1.29, 1.82) is 0 Å². The molecule has 392 valence electrons. The number of carbonyl (C=O) groups excluding carboxylic acids is 6. The van der Waals surface area contributed by atoms with E-state index in [9.17, 15) is 38.9 Å². The smallest absolute Gasteiger partial charge is 0.497 e. The summed E-state index contributed by atoms with van der Waals surface area (Å²) in [5.74, 6) is -1.32. The zero-order chi connectivity index (χ0) is 53.7. The predicted molar refractivity (Wildman–Crippen MR) is 285 cm³/mol. The lowest BCUT2D eigenvalue weighted by atomic mass is 9.77. The Morgan fingerprint density at radius 1 is 0.618 bits per heavy atom. The minimum atomic E-state index is -1.04. The fourth-order valence-electron chi connectivity index (χ4n) is 8.84. The summed E-state index contributed by atoms with van der Waals surface area (Å²) in [5.41, 5.74) is 3.89. The van der Waals surface area contributed by atoms with Crippen molar-refractivity contribution in [3.8, 4) is 11.5 Å². The highest BCUT2D eigenvalue weighted by molar-refractivity contribution is 6.12. The van der Waals surface area contributed by atoms with Gasteiger partial charge in [0.05, 0.1) is 17.6 Å². The third kappa shape index (κ3) is 15.3. The van der Waals surface area contributed by atoms with Gasteiger partial charge >= 0.3 is 6.16 Å². The maximum Gasteiger partial charge on any atom is 0.514 e. The Morgan fingerprint density at radius 2 is 1.21 bits per heavy atom. The van der Waals surface area contributed by atoms with Gasteiger partial charge in [0, 0.05) is 49.4 Å². The molecular weight excluding hydrogens is 969 g/mol. The van der Waals surface area contributed by atoms with Crippen LogP contribution in [0.5, 0.6) is 11.5 Å². The Morgan fingerprint density at radius 3 is 1.82 bits per heavy atom. The van der Waals surface area contributed by atoms with Crippen molar-refractivity contribution in [2.24, 2.45) is 0 Å². The van der Waals surface area contributed by atoms with Gasteiger partial charge in [0.25, 0.3) is 17.5 Å². The average Bonchev–Trinajstić information content (AvgIpc) is 3.81. The minimum absolute atomic E-state index is 0.0687. The first kappa shape index (κ1) is 54.8. The van der Waals surface area contributed by atoms with Gasteiger partial charge in [0.2, 0.25) is 17.7 Å². The Labute approximate surface area is 440 Å². The van der Waals surface area contributed by atoms with E-state index in [1.54, 1.807) is 31.4 Å². The van der Waals surface area contributed by atoms with E-state index in [-0.39, 0.29) is 61.6 Å². The molecule has 7 rings (SSSR count). The Bertz CT molecular complexity index is 2880. The topological polar surface area (TPSA) is 225 Å². The number of carbonyl (C=O) groups is 6. The second kappa shape index (κ2) is 27.4. The van der Waals surface area contributed by atoms with E-state index >= 15 is 0 Å². The first-order chi connectivity index (χ1) is 36.9. The van der Waals surface area contributed by atoms with Crippen LogP contribution in [0.1, 0.15) is 72.8 Å². The summed E-state index contributed by atoms with van der Waals surface area (Å²) < 4.78 is 15.9. The number of hydrogen-bond donors (Lipinski definition) is 4. The first-order valence-corrected chi connectivity index (χ1v) is 25.1. The highest BCUT2D eigenvalue weighted by Gasteiger charge is 2.36. The molecule has 5 amide bonds. The van der Waals surface area contributed by atoms with Crippen LogP contribution < -0.4 is 30.7 Å². The van der Waals surface area contributed by atoms with Gasteiger partial charge in [-0.3, -0.25) is 44.3 Å². The van der Waals surface area contributed by atoms with Gasteiger partial charge in [-0.2, -0.15) is 0 Å². The molecule has 0 aromatic heterocycles. The fraction of sp³-hybridized carbons (Fsp3) is 0.254.